The molecule has 138 valence electrons. The molecular weight excluding hydrogens is 360 g/mol. The number of hydrogen-bond acceptors (Lipinski definition) is 5. The van der Waals surface area contributed by atoms with Crippen LogP contribution in [0.4, 0.5) is 5.69 Å². The zero-order chi connectivity index (χ0) is 19.4. The molecular formula is C20H20N4O2S. The Morgan fingerprint density at radius 2 is 2.15 bits per heavy atom. The van der Waals surface area contributed by atoms with Crippen molar-refractivity contribution >= 4 is 29.7 Å². The van der Waals surface area contributed by atoms with Crippen LogP contribution in [0.5, 0.6) is 5.75 Å². The number of carbonyl (C=O) groups is 1. The van der Waals surface area contributed by atoms with E-state index in [1.807, 2.05) is 29.6 Å². The average molecular weight is 380 g/mol. The summed E-state index contributed by atoms with van der Waals surface area (Å²) in [6.45, 7) is 2.35. The Labute approximate surface area is 163 Å². The summed E-state index contributed by atoms with van der Waals surface area (Å²) in [6.07, 6.45) is 0. The molecule has 1 aromatic carbocycles. The molecule has 27 heavy (non-hydrogen) atoms. The second-order valence-corrected chi connectivity index (χ2v) is 6.26. The molecule has 0 aliphatic carbocycles. The lowest BCUT2D eigenvalue weighted by Gasteiger charge is -2.10. The summed E-state index contributed by atoms with van der Waals surface area (Å²) < 4.78 is 7.16. The number of ether oxygens (including phenoxy) is 1. The van der Waals surface area contributed by atoms with E-state index in [-0.39, 0.29) is 5.91 Å². The van der Waals surface area contributed by atoms with Crippen molar-refractivity contribution in [1.29, 1.82) is 0 Å². The molecule has 1 amide bonds. The molecule has 6 nitrogen and oxygen atoms in total. The van der Waals surface area contributed by atoms with Crippen molar-refractivity contribution in [3.05, 3.63) is 53.3 Å². The lowest BCUT2D eigenvalue weighted by molar-refractivity contribution is 0.0963. The zero-order valence-electron chi connectivity index (χ0n) is 15.3. The molecule has 2 heterocycles. The molecule has 2 aromatic heterocycles. The quantitative estimate of drug-likeness (QED) is 0.481. The predicted octanol–water partition coefficient (Wildman–Crippen LogP) is 2.76. The van der Waals surface area contributed by atoms with Crippen molar-refractivity contribution < 1.29 is 9.53 Å². The molecule has 0 fully saturated rings. The highest BCUT2D eigenvalue weighted by molar-refractivity contribution is 7.80. The summed E-state index contributed by atoms with van der Waals surface area (Å²) in [5, 5.41) is 10.3. The van der Waals surface area contributed by atoms with Gasteiger partial charge in [0, 0.05) is 18.3 Å². The van der Waals surface area contributed by atoms with Crippen molar-refractivity contribution in [2.45, 2.75) is 11.8 Å². The fraction of sp³-hybridized carbons (Fsp3) is 0.200. The number of rotatable bonds is 4. The van der Waals surface area contributed by atoms with E-state index in [2.05, 4.69) is 40.2 Å². The van der Waals surface area contributed by atoms with Crippen LogP contribution in [0.15, 0.2) is 41.3 Å². The van der Waals surface area contributed by atoms with Gasteiger partial charge in [-0.15, -0.1) is 12.6 Å². The summed E-state index contributed by atoms with van der Waals surface area (Å²) in [7, 11) is 3.18. The minimum absolute atomic E-state index is 0.161. The molecule has 7 heteroatoms. The van der Waals surface area contributed by atoms with Crippen LogP contribution >= 0.6 is 12.6 Å². The molecule has 0 spiro atoms. The minimum atomic E-state index is -0.161. The summed E-state index contributed by atoms with van der Waals surface area (Å²) in [5.74, 6) is 6.57. The van der Waals surface area contributed by atoms with Gasteiger partial charge < -0.3 is 15.4 Å². The van der Waals surface area contributed by atoms with Crippen molar-refractivity contribution in [1.82, 2.24) is 14.9 Å². The Kier molecular flexibility index (Phi) is 5.57. The standard InChI is InChI=1S/C20H20N4O2S/c1-13-6-4-8-17-19(27)15(23-24(13)17)7-5-11-22-16-12-14(20(25)21-2)9-10-18(16)26-3/h4,6,8-10,12,22,27H,11H2,1-3H3,(H,21,25). The first-order valence-corrected chi connectivity index (χ1v) is 8.80. The number of pyridine rings is 1. The molecule has 0 unspecified atom stereocenters. The number of aromatic nitrogens is 2. The monoisotopic (exact) mass is 380 g/mol. The van der Waals surface area contributed by atoms with Crippen LogP contribution < -0.4 is 15.4 Å². The second kappa shape index (κ2) is 8.06. The number of anilines is 1. The molecule has 2 N–H and O–H groups in total. The van der Waals surface area contributed by atoms with E-state index in [9.17, 15) is 4.79 Å². The van der Waals surface area contributed by atoms with Crippen molar-refractivity contribution in [2.24, 2.45) is 0 Å². The summed E-state index contributed by atoms with van der Waals surface area (Å²) >= 11 is 4.54. The topological polar surface area (TPSA) is 67.7 Å². The fourth-order valence-corrected chi connectivity index (χ4v) is 2.94. The highest BCUT2D eigenvalue weighted by atomic mass is 32.1. The van der Waals surface area contributed by atoms with Crippen LogP contribution in [0.3, 0.4) is 0 Å². The van der Waals surface area contributed by atoms with Gasteiger partial charge in [-0.3, -0.25) is 4.79 Å². The number of hydrogen-bond donors (Lipinski definition) is 3. The van der Waals surface area contributed by atoms with Gasteiger partial charge in [-0.1, -0.05) is 12.0 Å². The Balaban J connectivity index is 1.79. The van der Waals surface area contributed by atoms with E-state index < -0.39 is 0 Å². The molecule has 3 rings (SSSR count). The summed E-state index contributed by atoms with van der Waals surface area (Å²) in [4.78, 5) is 12.6. The maximum absolute atomic E-state index is 11.8. The van der Waals surface area contributed by atoms with Crippen molar-refractivity contribution in [2.75, 3.05) is 26.0 Å². The SMILES string of the molecule is CNC(=O)c1ccc(OC)c(NCC#Cc2nn3c(C)cccc3c2S)c1. The first kappa shape index (κ1) is 18.7. The largest absolute Gasteiger partial charge is 0.495 e. The van der Waals surface area contributed by atoms with Gasteiger partial charge in [0.2, 0.25) is 0 Å². The van der Waals surface area contributed by atoms with Gasteiger partial charge in [0.15, 0.2) is 0 Å². The minimum Gasteiger partial charge on any atom is -0.495 e. The van der Waals surface area contributed by atoms with E-state index >= 15 is 0 Å². The number of nitrogens with one attached hydrogen (secondary N) is 2. The van der Waals surface area contributed by atoms with Crippen LogP contribution in [-0.2, 0) is 0 Å². The molecule has 0 aliphatic rings. The van der Waals surface area contributed by atoms with Gasteiger partial charge in [0.25, 0.3) is 5.91 Å². The Morgan fingerprint density at radius 3 is 2.85 bits per heavy atom. The molecule has 0 saturated carbocycles. The highest BCUT2D eigenvalue weighted by Crippen LogP contribution is 2.25. The number of aryl methyl sites for hydroxylation is 1. The lowest BCUT2D eigenvalue weighted by atomic mass is 10.1. The van der Waals surface area contributed by atoms with E-state index in [0.717, 1.165) is 16.1 Å². The third kappa shape index (κ3) is 3.86. The van der Waals surface area contributed by atoms with E-state index in [4.69, 9.17) is 4.74 Å². The average Bonchev–Trinajstić information content (AvgIpc) is 3.01. The number of fused-ring (bicyclic) bond motifs is 1. The normalized spacial score (nSPS) is 10.2. The smallest absolute Gasteiger partial charge is 0.251 e. The molecule has 0 saturated heterocycles. The molecule has 0 aliphatic heterocycles. The first-order chi connectivity index (χ1) is 13.0. The second-order valence-electron chi connectivity index (χ2n) is 5.81. The van der Waals surface area contributed by atoms with Crippen LogP contribution in [0.25, 0.3) is 5.52 Å². The Bertz CT molecular complexity index is 1060. The van der Waals surface area contributed by atoms with Crippen LogP contribution in [0.1, 0.15) is 21.7 Å². The van der Waals surface area contributed by atoms with Gasteiger partial charge in [0.05, 0.1) is 29.8 Å². The summed E-state index contributed by atoms with van der Waals surface area (Å²) in [5.41, 5.74) is 3.81. The van der Waals surface area contributed by atoms with E-state index in [1.54, 1.807) is 32.4 Å². The number of carbonyl (C=O) groups excluding carboxylic acids is 1. The zero-order valence-corrected chi connectivity index (χ0v) is 16.2. The van der Waals surface area contributed by atoms with Gasteiger partial charge in [0.1, 0.15) is 11.4 Å². The number of benzene rings is 1. The maximum Gasteiger partial charge on any atom is 0.251 e. The summed E-state index contributed by atoms with van der Waals surface area (Å²) in [6, 6.07) is 11.1. The lowest BCUT2D eigenvalue weighted by Crippen LogP contribution is -2.18. The molecule has 0 bridgehead atoms. The maximum atomic E-state index is 11.8. The third-order valence-corrected chi connectivity index (χ3v) is 4.52. The third-order valence-electron chi connectivity index (χ3n) is 4.08. The van der Waals surface area contributed by atoms with Crippen molar-refractivity contribution in [3.8, 4) is 17.6 Å². The number of nitrogens with zero attached hydrogens (tertiary/aromatic N) is 2. The van der Waals surface area contributed by atoms with E-state index in [1.165, 1.54) is 0 Å². The molecule has 0 radical (unpaired) electrons. The predicted molar refractivity (Wildman–Crippen MR) is 109 cm³/mol. The van der Waals surface area contributed by atoms with Gasteiger partial charge in [-0.05, 0) is 43.2 Å². The molecule has 0 atom stereocenters. The van der Waals surface area contributed by atoms with Crippen LogP contribution in [-0.4, -0.2) is 36.2 Å². The van der Waals surface area contributed by atoms with Crippen LogP contribution in [0, 0.1) is 18.8 Å². The Hall–Kier alpha value is -3.11. The number of methoxy groups -OCH3 is 1. The van der Waals surface area contributed by atoms with Gasteiger partial charge >= 0.3 is 0 Å². The Morgan fingerprint density at radius 1 is 1.33 bits per heavy atom. The van der Waals surface area contributed by atoms with Gasteiger partial charge in [-0.25, -0.2) is 4.52 Å². The first-order valence-electron chi connectivity index (χ1n) is 8.35. The van der Waals surface area contributed by atoms with Crippen LogP contribution in [0.2, 0.25) is 0 Å². The van der Waals surface area contributed by atoms with Crippen molar-refractivity contribution in [3.63, 3.8) is 0 Å². The number of amides is 1. The molecule has 3 aromatic rings. The van der Waals surface area contributed by atoms with E-state index in [0.29, 0.717) is 29.2 Å². The fourth-order valence-electron chi connectivity index (χ4n) is 2.67. The highest BCUT2D eigenvalue weighted by Gasteiger charge is 2.09. The van der Waals surface area contributed by atoms with Gasteiger partial charge in [-0.2, -0.15) is 5.10 Å². The number of thiol groups is 1.